The number of hydrogen-bond acceptors (Lipinski definition) is 6. The molecule has 0 N–H and O–H groups in total. The Hall–Kier alpha value is -3.90. The van der Waals surface area contributed by atoms with E-state index >= 15 is 0 Å². The van der Waals surface area contributed by atoms with Crippen LogP contribution in [0.4, 0.5) is 0 Å². The highest BCUT2D eigenvalue weighted by Gasteiger charge is 2.18. The van der Waals surface area contributed by atoms with Gasteiger partial charge in [-0.2, -0.15) is 0 Å². The Kier molecular flexibility index (Phi) is 8.18. The third-order valence-electron chi connectivity index (χ3n) is 6.18. The smallest absolute Gasteiger partial charge is 0.196 e. The molecule has 0 aliphatic heterocycles. The molecule has 0 atom stereocenters. The van der Waals surface area contributed by atoms with Crippen LogP contribution in [0, 0.1) is 6.92 Å². The minimum atomic E-state index is -0.0888. The Bertz CT molecular complexity index is 1330. The molecule has 3 aromatic carbocycles. The predicted molar refractivity (Wildman–Crippen MR) is 143 cm³/mol. The van der Waals surface area contributed by atoms with Crippen LogP contribution in [0.2, 0.25) is 0 Å². The summed E-state index contributed by atoms with van der Waals surface area (Å²) < 4.78 is 18.0. The first-order valence-electron chi connectivity index (χ1n) is 12.2. The molecule has 0 aliphatic rings. The average molecular weight is 485 g/mol. The van der Waals surface area contributed by atoms with Crippen molar-refractivity contribution in [3.05, 3.63) is 89.6 Å². The van der Waals surface area contributed by atoms with E-state index in [4.69, 9.17) is 14.2 Å². The molecule has 6 heteroatoms. The summed E-state index contributed by atoms with van der Waals surface area (Å²) in [5, 5.41) is 0.768. The van der Waals surface area contributed by atoms with Gasteiger partial charge in [0.2, 0.25) is 0 Å². The van der Waals surface area contributed by atoms with Crippen LogP contribution in [0.15, 0.2) is 72.9 Å². The number of methoxy groups -OCH3 is 1. The van der Waals surface area contributed by atoms with Crippen LogP contribution in [0.1, 0.15) is 35.3 Å². The number of rotatable bonds is 11. The maximum Gasteiger partial charge on any atom is 0.196 e. The van der Waals surface area contributed by atoms with Crippen molar-refractivity contribution in [1.82, 2.24) is 9.88 Å². The molecule has 4 aromatic rings. The lowest BCUT2D eigenvalue weighted by atomic mass is 10.0. The summed E-state index contributed by atoms with van der Waals surface area (Å²) in [5.74, 6) is 2.22. The highest BCUT2D eigenvalue weighted by atomic mass is 16.5. The summed E-state index contributed by atoms with van der Waals surface area (Å²) in [6.07, 6.45) is 1.69. The summed E-state index contributed by atoms with van der Waals surface area (Å²) in [6.45, 7) is 9.57. The van der Waals surface area contributed by atoms with Crippen molar-refractivity contribution >= 4 is 16.7 Å². The number of ether oxygens (including phenoxy) is 3. The monoisotopic (exact) mass is 484 g/mol. The molecule has 4 rings (SSSR count). The molecular formula is C30H32N2O4. The number of aryl methyl sites for hydroxylation is 1. The second-order valence-electron chi connectivity index (χ2n) is 8.50. The van der Waals surface area contributed by atoms with E-state index in [-0.39, 0.29) is 5.78 Å². The fourth-order valence-electron chi connectivity index (χ4n) is 4.09. The molecule has 1 heterocycles. The molecule has 0 radical (unpaired) electrons. The number of fused-ring (bicyclic) bond motifs is 1. The van der Waals surface area contributed by atoms with Crippen LogP contribution in [-0.2, 0) is 0 Å². The molecular weight excluding hydrogens is 452 g/mol. The molecule has 6 nitrogen and oxygen atoms in total. The van der Waals surface area contributed by atoms with Crippen molar-refractivity contribution in [1.29, 1.82) is 0 Å². The van der Waals surface area contributed by atoms with Crippen LogP contribution in [-0.4, -0.2) is 49.0 Å². The number of aromatic nitrogens is 1. The summed E-state index contributed by atoms with van der Waals surface area (Å²) >= 11 is 0. The van der Waals surface area contributed by atoms with E-state index in [0.717, 1.165) is 30.6 Å². The largest absolute Gasteiger partial charge is 0.493 e. The maximum atomic E-state index is 13.3. The van der Waals surface area contributed by atoms with E-state index in [1.165, 1.54) is 0 Å². The molecule has 36 heavy (non-hydrogen) atoms. The second kappa shape index (κ2) is 11.7. The lowest BCUT2D eigenvalue weighted by Gasteiger charge is -2.19. The van der Waals surface area contributed by atoms with E-state index in [1.807, 2.05) is 67.6 Å². The molecule has 0 saturated carbocycles. The van der Waals surface area contributed by atoms with Gasteiger partial charge in [0.25, 0.3) is 0 Å². The summed E-state index contributed by atoms with van der Waals surface area (Å²) in [7, 11) is 1.62. The predicted octanol–water partition coefficient (Wildman–Crippen LogP) is 6.30. The quantitative estimate of drug-likeness (QED) is 0.233. The van der Waals surface area contributed by atoms with Gasteiger partial charge in [-0.15, -0.1) is 0 Å². The van der Waals surface area contributed by atoms with E-state index in [2.05, 4.69) is 23.7 Å². The summed E-state index contributed by atoms with van der Waals surface area (Å²) in [4.78, 5) is 20.1. The Balaban J connectivity index is 1.66. The van der Waals surface area contributed by atoms with E-state index < -0.39 is 0 Å². The first-order chi connectivity index (χ1) is 17.5. The molecule has 0 bridgehead atoms. The van der Waals surface area contributed by atoms with Crippen molar-refractivity contribution in [2.24, 2.45) is 0 Å². The van der Waals surface area contributed by atoms with E-state index in [1.54, 1.807) is 19.4 Å². The zero-order valence-electron chi connectivity index (χ0n) is 21.3. The molecule has 0 spiro atoms. The lowest BCUT2D eigenvalue weighted by Crippen LogP contribution is -2.27. The first kappa shape index (κ1) is 25.2. The van der Waals surface area contributed by atoms with Crippen molar-refractivity contribution in [2.45, 2.75) is 20.8 Å². The fraction of sp³-hybridized carbons (Fsp3) is 0.267. The molecule has 186 valence electrons. The maximum absolute atomic E-state index is 13.3. The van der Waals surface area contributed by atoms with Crippen molar-refractivity contribution in [3.8, 4) is 23.0 Å². The van der Waals surface area contributed by atoms with Gasteiger partial charge in [-0.1, -0.05) is 55.8 Å². The SMILES string of the molecule is CCN(CC)CCOc1cc2nccc(Oc3ccc(C)cc3C(=O)c3ccccc3)c2cc1OC. The number of ketones is 1. The highest BCUT2D eigenvalue weighted by molar-refractivity contribution is 6.11. The summed E-state index contributed by atoms with van der Waals surface area (Å²) in [6, 6.07) is 20.4. The number of benzene rings is 3. The molecule has 0 fully saturated rings. The Labute approximate surface area is 212 Å². The van der Waals surface area contributed by atoms with Gasteiger partial charge in [-0.3, -0.25) is 9.78 Å². The van der Waals surface area contributed by atoms with Crippen LogP contribution in [0.3, 0.4) is 0 Å². The topological polar surface area (TPSA) is 60.9 Å². The van der Waals surface area contributed by atoms with Crippen LogP contribution >= 0.6 is 0 Å². The van der Waals surface area contributed by atoms with Gasteiger partial charge in [0.15, 0.2) is 17.3 Å². The Morgan fingerprint density at radius 3 is 2.39 bits per heavy atom. The standard InChI is InChI=1S/C30H32N2O4/c1-5-32(6-2)16-17-35-29-20-25-23(19-28(29)34-4)27(14-15-31-25)36-26-13-12-21(3)18-24(26)30(33)22-10-8-7-9-11-22/h7-15,18-20H,5-6,16-17H2,1-4H3. The van der Waals surface area contributed by atoms with Gasteiger partial charge in [0.1, 0.15) is 18.1 Å². The van der Waals surface area contributed by atoms with Crippen molar-refractivity contribution in [2.75, 3.05) is 33.4 Å². The molecule has 0 aliphatic carbocycles. The molecule has 0 saturated heterocycles. The number of hydrogen-bond donors (Lipinski definition) is 0. The van der Waals surface area contributed by atoms with Gasteiger partial charge >= 0.3 is 0 Å². The van der Waals surface area contributed by atoms with Crippen LogP contribution in [0.25, 0.3) is 10.9 Å². The molecule has 0 amide bonds. The fourth-order valence-corrected chi connectivity index (χ4v) is 4.09. The third-order valence-corrected chi connectivity index (χ3v) is 6.18. The number of pyridine rings is 1. The normalized spacial score (nSPS) is 11.0. The van der Waals surface area contributed by atoms with E-state index in [0.29, 0.717) is 46.2 Å². The molecule has 1 aromatic heterocycles. The van der Waals surface area contributed by atoms with Crippen molar-refractivity contribution in [3.63, 3.8) is 0 Å². The van der Waals surface area contributed by atoms with Crippen LogP contribution in [0.5, 0.6) is 23.0 Å². The highest BCUT2D eigenvalue weighted by Crippen LogP contribution is 2.38. The molecule has 0 unspecified atom stereocenters. The van der Waals surface area contributed by atoms with E-state index in [9.17, 15) is 4.79 Å². The number of carbonyl (C=O) groups is 1. The number of nitrogens with zero attached hydrogens (tertiary/aromatic N) is 2. The second-order valence-corrected chi connectivity index (χ2v) is 8.50. The van der Waals surface area contributed by atoms with Gasteiger partial charge in [0, 0.05) is 29.8 Å². The van der Waals surface area contributed by atoms with Gasteiger partial charge in [0.05, 0.1) is 18.2 Å². The summed E-state index contributed by atoms with van der Waals surface area (Å²) in [5.41, 5.74) is 2.82. The van der Waals surface area contributed by atoms with Gasteiger partial charge in [-0.25, -0.2) is 0 Å². The minimum Gasteiger partial charge on any atom is -0.493 e. The average Bonchev–Trinajstić information content (AvgIpc) is 2.92. The zero-order chi connectivity index (χ0) is 25.5. The Morgan fingerprint density at radius 2 is 1.67 bits per heavy atom. The van der Waals surface area contributed by atoms with Gasteiger partial charge in [-0.05, 0) is 44.3 Å². The lowest BCUT2D eigenvalue weighted by molar-refractivity contribution is 0.103. The zero-order valence-corrected chi connectivity index (χ0v) is 21.3. The number of likely N-dealkylation sites (N-methyl/N-ethyl adjacent to an activating group) is 1. The Morgan fingerprint density at radius 1 is 0.889 bits per heavy atom. The van der Waals surface area contributed by atoms with Crippen LogP contribution < -0.4 is 14.2 Å². The number of carbonyl (C=O) groups excluding carboxylic acids is 1. The first-order valence-corrected chi connectivity index (χ1v) is 12.2. The minimum absolute atomic E-state index is 0.0888. The van der Waals surface area contributed by atoms with Crippen molar-refractivity contribution < 1.29 is 19.0 Å². The van der Waals surface area contributed by atoms with Gasteiger partial charge < -0.3 is 19.1 Å². The third kappa shape index (κ3) is 5.66.